The number of hydrogen-bond acceptors (Lipinski definition) is 3. The summed E-state index contributed by atoms with van der Waals surface area (Å²) in [6, 6.07) is 14.2. The van der Waals surface area contributed by atoms with Crippen molar-refractivity contribution >= 4 is 35.8 Å². The largest absolute Gasteiger partial charge is 0.356 e. The van der Waals surface area contributed by atoms with Gasteiger partial charge < -0.3 is 20.9 Å². The first-order chi connectivity index (χ1) is 13.9. The molecule has 1 unspecified atom stereocenters. The predicted octanol–water partition coefficient (Wildman–Crippen LogP) is 2.81. The molecule has 2 rings (SSSR count). The number of carbonyl (C=O) groups is 1. The lowest BCUT2D eigenvalue weighted by Crippen LogP contribution is -2.42. The van der Waals surface area contributed by atoms with Crippen LogP contribution in [0.25, 0.3) is 0 Å². The van der Waals surface area contributed by atoms with Crippen molar-refractivity contribution in [3.05, 3.63) is 71.0 Å². The highest BCUT2D eigenvalue weighted by Gasteiger charge is 2.14. The van der Waals surface area contributed by atoms with E-state index in [2.05, 4.69) is 25.8 Å². The number of likely N-dealkylation sites (N-methyl/N-ethyl adjacent to an activating group) is 1. The van der Waals surface area contributed by atoms with Crippen LogP contribution in [0, 0.1) is 5.82 Å². The van der Waals surface area contributed by atoms with Gasteiger partial charge in [0.2, 0.25) is 0 Å². The molecule has 0 heterocycles. The number of rotatable bonds is 8. The Morgan fingerprint density at radius 1 is 1.13 bits per heavy atom. The smallest absolute Gasteiger partial charge is 0.251 e. The molecule has 0 bridgehead atoms. The van der Waals surface area contributed by atoms with E-state index in [-0.39, 0.29) is 41.7 Å². The summed E-state index contributed by atoms with van der Waals surface area (Å²) in [5, 5.41) is 9.26. The molecule has 6 nitrogen and oxygen atoms in total. The molecule has 0 fully saturated rings. The molecule has 0 saturated heterocycles. The van der Waals surface area contributed by atoms with Gasteiger partial charge in [0, 0.05) is 32.7 Å². The molecule has 0 aliphatic carbocycles. The maximum atomic E-state index is 13.2. The number of nitrogens with zero attached hydrogens (tertiary/aromatic N) is 2. The molecular weight excluding hydrogens is 496 g/mol. The maximum absolute atomic E-state index is 13.2. The third-order valence-electron chi connectivity index (χ3n) is 4.69. The first-order valence-electron chi connectivity index (χ1n) is 9.62. The SMILES string of the molecule is CN=C(NCCc1cccc(C(=O)NC)c1)NCC(c1ccc(F)cc1)N(C)C.I. The summed E-state index contributed by atoms with van der Waals surface area (Å²) in [6.07, 6.45) is 0.764. The van der Waals surface area contributed by atoms with Crippen molar-refractivity contribution in [2.45, 2.75) is 12.5 Å². The first kappa shape index (κ1) is 25.8. The molecule has 2 aromatic carbocycles. The van der Waals surface area contributed by atoms with Crippen LogP contribution >= 0.6 is 24.0 Å². The Balaban J connectivity index is 0.00000450. The van der Waals surface area contributed by atoms with Crippen LogP contribution in [0.3, 0.4) is 0 Å². The van der Waals surface area contributed by atoms with Crippen molar-refractivity contribution in [3.63, 3.8) is 0 Å². The maximum Gasteiger partial charge on any atom is 0.251 e. The van der Waals surface area contributed by atoms with Gasteiger partial charge in [0.25, 0.3) is 5.91 Å². The molecule has 164 valence electrons. The van der Waals surface area contributed by atoms with Crippen molar-refractivity contribution in [1.29, 1.82) is 0 Å². The van der Waals surface area contributed by atoms with Gasteiger partial charge in [-0.1, -0.05) is 24.3 Å². The number of benzene rings is 2. The van der Waals surface area contributed by atoms with Crippen LogP contribution in [-0.2, 0) is 6.42 Å². The minimum absolute atomic E-state index is 0. The zero-order valence-electron chi connectivity index (χ0n) is 17.9. The van der Waals surface area contributed by atoms with E-state index in [1.54, 1.807) is 32.3 Å². The van der Waals surface area contributed by atoms with Crippen molar-refractivity contribution in [3.8, 4) is 0 Å². The fraction of sp³-hybridized carbons (Fsp3) is 0.364. The van der Waals surface area contributed by atoms with E-state index >= 15 is 0 Å². The van der Waals surface area contributed by atoms with Crippen LogP contribution in [0.4, 0.5) is 4.39 Å². The first-order valence-corrected chi connectivity index (χ1v) is 9.62. The Bertz CT molecular complexity index is 827. The normalized spacial score (nSPS) is 12.1. The summed E-state index contributed by atoms with van der Waals surface area (Å²) >= 11 is 0. The van der Waals surface area contributed by atoms with Gasteiger partial charge in [0.15, 0.2) is 5.96 Å². The van der Waals surface area contributed by atoms with Crippen LogP contribution in [0.15, 0.2) is 53.5 Å². The molecule has 1 atom stereocenters. The van der Waals surface area contributed by atoms with Gasteiger partial charge in [-0.3, -0.25) is 9.79 Å². The number of aliphatic imine (C=N–C) groups is 1. The average Bonchev–Trinajstić information content (AvgIpc) is 2.73. The zero-order chi connectivity index (χ0) is 21.2. The van der Waals surface area contributed by atoms with Gasteiger partial charge in [-0.25, -0.2) is 4.39 Å². The molecule has 30 heavy (non-hydrogen) atoms. The monoisotopic (exact) mass is 527 g/mol. The standard InChI is InChI=1S/C22H30FN5O.HI/c1-24-21(29)18-7-5-6-16(14-18)12-13-26-22(25-2)27-15-20(28(3)4)17-8-10-19(23)11-9-17;/h5-11,14,20H,12-13,15H2,1-4H3,(H,24,29)(H2,25,26,27);1H. The number of hydrogen-bond donors (Lipinski definition) is 3. The molecule has 3 N–H and O–H groups in total. The molecule has 1 amide bonds. The van der Waals surface area contributed by atoms with Gasteiger partial charge in [0.05, 0.1) is 6.04 Å². The minimum Gasteiger partial charge on any atom is -0.356 e. The summed E-state index contributed by atoms with van der Waals surface area (Å²) in [6.45, 7) is 1.31. The van der Waals surface area contributed by atoms with Crippen molar-refractivity contribution in [2.75, 3.05) is 41.3 Å². The lowest BCUT2D eigenvalue weighted by atomic mass is 10.1. The summed E-state index contributed by atoms with van der Waals surface area (Å²) in [4.78, 5) is 18.1. The quantitative estimate of drug-likeness (QED) is 0.281. The lowest BCUT2D eigenvalue weighted by molar-refractivity contribution is 0.0963. The van der Waals surface area contributed by atoms with Crippen LogP contribution in [0.5, 0.6) is 0 Å². The van der Waals surface area contributed by atoms with Crippen molar-refractivity contribution in [2.24, 2.45) is 4.99 Å². The van der Waals surface area contributed by atoms with Gasteiger partial charge in [-0.05, 0) is 55.9 Å². The van der Waals surface area contributed by atoms with E-state index in [4.69, 9.17) is 0 Å². The molecule has 0 spiro atoms. The minimum atomic E-state index is -0.239. The summed E-state index contributed by atoms with van der Waals surface area (Å²) in [5.41, 5.74) is 2.76. The van der Waals surface area contributed by atoms with Gasteiger partial charge in [0.1, 0.15) is 5.82 Å². The Morgan fingerprint density at radius 2 is 1.83 bits per heavy atom. The van der Waals surface area contributed by atoms with Crippen LogP contribution < -0.4 is 16.0 Å². The molecule has 8 heteroatoms. The Labute approximate surface area is 195 Å². The van der Waals surface area contributed by atoms with Crippen molar-refractivity contribution < 1.29 is 9.18 Å². The van der Waals surface area contributed by atoms with E-state index in [1.165, 1.54) is 12.1 Å². The fourth-order valence-electron chi connectivity index (χ4n) is 3.04. The van der Waals surface area contributed by atoms with Crippen LogP contribution in [0.1, 0.15) is 27.5 Å². The molecular formula is C22H31FIN5O. The van der Waals surface area contributed by atoms with Crippen LogP contribution in [0.2, 0.25) is 0 Å². The van der Waals surface area contributed by atoms with E-state index in [0.717, 1.165) is 17.5 Å². The Morgan fingerprint density at radius 3 is 2.43 bits per heavy atom. The van der Waals surface area contributed by atoms with Crippen molar-refractivity contribution in [1.82, 2.24) is 20.9 Å². The fourth-order valence-corrected chi connectivity index (χ4v) is 3.04. The van der Waals surface area contributed by atoms with E-state index in [1.807, 2.05) is 32.3 Å². The summed E-state index contributed by atoms with van der Waals surface area (Å²) < 4.78 is 13.2. The second-order valence-corrected chi connectivity index (χ2v) is 6.94. The Kier molecular flexibility index (Phi) is 11.3. The third kappa shape index (κ3) is 7.91. The number of nitrogens with one attached hydrogen (secondary N) is 3. The topological polar surface area (TPSA) is 68.8 Å². The number of halogens is 2. The third-order valence-corrected chi connectivity index (χ3v) is 4.69. The number of amides is 1. The summed E-state index contributed by atoms with van der Waals surface area (Å²) in [5.74, 6) is 0.367. The second kappa shape index (κ2) is 13.2. The zero-order valence-corrected chi connectivity index (χ0v) is 20.2. The molecule has 0 radical (unpaired) electrons. The van der Waals surface area contributed by atoms with Gasteiger partial charge in [-0.15, -0.1) is 24.0 Å². The number of guanidine groups is 1. The molecule has 0 aliphatic rings. The molecule has 2 aromatic rings. The summed E-state index contributed by atoms with van der Waals surface area (Å²) in [7, 11) is 7.33. The molecule has 0 aromatic heterocycles. The molecule has 0 aliphatic heterocycles. The highest BCUT2D eigenvalue weighted by atomic mass is 127. The van der Waals surface area contributed by atoms with E-state index in [9.17, 15) is 9.18 Å². The van der Waals surface area contributed by atoms with Gasteiger partial charge in [-0.2, -0.15) is 0 Å². The second-order valence-electron chi connectivity index (χ2n) is 6.94. The molecule has 0 saturated carbocycles. The lowest BCUT2D eigenvalue weighted by Gasteiger charge is -2.26. The number of carbonyl (C=O) groups excluding carboxylic acids is 1. The highest BCUT2D eigenvalue weighted by Crippen LogP contribution is 2.17. The van der Waals surface area contributed by atoms with E-state index in [0.29, 0.717) is 24.6 Å². The van der Waals surface area contributed by atoms with Gasteiger partial charge >= 0.3 is 0 Å². The average molecular weight is 527 g/mol. The predicted molar refractivity (Wildman–Crippen MR) is 131 cm³/mol. The van der Waals surface area contributed by atoms with E-state index < -0.39 is 0 Å². The highest BCUT2D eigenvalue weighted by molar-refractivity contribution is 14.0. The van der Waals surface area contributed by atoms with Crippen LogP contribution in [-0.4, -0.2) is 58.0 Å². The Hall–Kier alpha value is -2.20.